The Bertz CT molecular complexity index is 1150. The van der Waals surface area contributed by atoms with Gasteiger partial charge in [-0.2, -0.15) is 0 Å². The van der Waals surface area contributed by atoms with Gasteiger partial charge in [-0.1, -0.05) is 50.1 Å². The maximum absolute atomic E-state index is 13.0. The summed E-state index contributed by atoms with van der Waals surface area (Å²) in [6.07, 6.45) is 1.29. The first-order valence-corrected chi connectivity index (χ1v) is 10.6. The molecule has 1 amide bonds. The van der Waals surface area contributed by atoms with E-state index >= 15 is 0 Å². The average molecular weight is 437 g/mol. The lowest BCUT2D eigenvalue weighted by atomic mass is 10.1. The van der Waals surface area contributed by atoms with Crippen LogP contribution in [0.25, 0.3) is 11.0 Å². The molecular formula is C25H27NO6. The van der Waals surface area contributed by atoms with Gasteiger partial charge in [-0.05, 0) is 49.1 Å². The van der Waals surface area contributed by atoms with E-state index in [2.05, 4.69) is 5.32 Å². The summed E-state index contributed by atoms with van der Waals surface area (Å²) in [6, 6.07) is 13.2. The summed E-state index contributed by atoms with van der Waals surface area (Å²) < 4.78 is 16.2. The highest BCUT2D eigenvalue weighted by Crippen LogP contribution is 2.30. The minimum atomic E-state index is -0.871. The molecule has 0 aliphatic rings. The molecule has 0 spiro atoms. The van der Waals surface area contributed by atoms with Crippen LogP contribution in [0.3, 0.4) is 0 Å². The van der Waals surface area contributed by atoms with Crippen molar-refractivity contribution in [3.63, 3.8) is 0 Å². The van der Waals surface area contributed by atoms with E-state index in [4.69, 9.17) is 13.9 Å². The molecule has 0 fully saturated rings. The standard InChI is InChI=1S/C25H27NO6/c1-4-5-11-19(26-25(29)30-15-18-9-7-6-8-10-18)24(28)32-21-13-16(2)12-20-23(21)17(3)14-22(27)31-20/h6-10,12-14,19H,4-5,11,15H2,1-3H3,(H,26,29). The second-order valence-corrected chi connectivity index (χ2v) is 7.71. The number of rotatable bonds is 8. The van der Waals surface area contributed by atoms with Crippen LogP contribution in [-0.2, 0) is 16.1 Å². The van der Waals surface area contributed by atoms with Gasteiger partial charge < -0.3 is 19.2 Å². The Hall–Kier alpha value is -3.61. The summed E-state index contributed by atoms with van der Waals surface area (Å²) in [5.41, 5.74) is 2.13. The van der Waals surface area contributed by atoms with Crippen LogP contribution in [0.1, 0.15) is 42.9 Å². The van der Waals surface area contributed by atoms with Crippen molar-refractivity contribution in [2.45, 2.75) is 52.7 Å². The molecule has 3 aromatic rings. The van der Waals surface area contributed by atoms with Gasteiger partial charge in [0.15, 0.2) is 0 Å². The molecule has 1 aromatic heterocycles. The van der Waals surface area contributed by atoms with Crippen LogP contribution in [-0.4, -0.2) is 18.1 Å². The van der Waals surface area contributed by atoms with Crippen molar-refractivity contribution in [3.8, 4) is 5.75 Å². The van der Waals surface area contributed by atoms with Gasteiger partial charge in [-0.15, -0.1) is 0 Å². The van der Waals surface area contributed by atoms with Crippen LogP contribution in [0.5, 0.6) is 5.75 Å². The van der Waals surface area contributed by atoms with Crippen LogP contribution < -0.4 is 15.7 Å². The third kappa shape index (κ3) is 5.97. The predicted octanol–water partition coefficient (Wildman–Crippen LogP) is 4.80. The van der Waals surface area contributed by atoms with Crippen LogP contribution in [0.15, 0.2) is 57.7 Å². The number of fused-ring (bicyclic) bond motifs is 1. The monoisotopic (exact) mass is 437 g/mol. The van der Waals surface area contributed by atoms with Crippen LogP contribution in [0.4, 0.5) is 4.79 Å². The van der Waals surface area contributed by atoms with E-state index in [9.17, 15) is 14.4 Å². The number of nitrogens with one attached hydrogen (secondary N) is 1. The van der Waals surface area contributed by atoms with Crippen molar-refractivity contribution in [2.24, 2.45) is 0 Å². The number of unbranched alkanes of at least 4 members (excludes halogenated alkanes) is 1. The number of carbonyl (C=O) groups excluding carboxylic acids is 2. The topological polar surface area (TPSA) is 94.8 Å². The molecule has 1 unspecified atom stereocenters. The number of benzene rings is 2. The van der Waals surface area contributed by atoms with E-state index in [1.54, 1.807) is 19.1 Å². The molecule has 0 saturated heterocycles. The fraction of sp³-hybridized carbons (Fsp3) is 0.320. The molecule has 168 valence electrons. The molecule has 32 heavy (non-hydrogen) atoms. The second-order valence-electron chi connectivity index (χ2n) is 7.71. The Balaban J connectivity index is 1.76. The van der Waals surface area contributed by atoms with Gasteiger partial charge in [0.05, 0.1) is 5.39 Å². The third-order valence-electron chi connectivity index (χ3n) is 5.00. The molecule has 2 aromatic carbocycles. The van der Waals surface area contributed by atoms with Crippen molar-refractivity contribution in [3.05, 3.63) is 75.6 Å². The molecule has 1 N–H and O–H groups in total. The number of alkyl carbamates (subject to hydrolysis) is 1. The Kier molecular flexibility index (Phi) is 7.65. The van der Waals surface area contributed by atoms with Gasteiger partial charge in [0.25, 0.3) is 0 Å². The molecular weight excluding hydrogens is 410 g/mol. The number of hydrogen-bond donors (Lipinski definition) is 1. The number of esters is 1. The van der Waals surface area contributed by atoms with Crippen molar-refractivity contribution in [2.75, 3.05) is 0 Å². The highest BCUT2D eigenvalue weighted by molar-refractivity contribution is 5.91. The number of hydrogen-bond acceptors (Lipinski definition) is 6. The fourth-order valence-corrected chi connectivity index (χ4v) is 3.40. The highest BCUT2D eigenvalue weighted by atomic mass is 16.6. The molecule has 0 radical (unpaired) electrons. The van der Waals surface area contributed by atoms with Gasteiger partial charge in [-0.25, -0.2) is 14.4 Å². The fourth-order valence-electron chi connectivity index (χ4n) is 3.40. The number of carbonyl (C=O) groups is 2. The first-order valence-electron chi connectivity index (χ1n) is 10.6. The van der Waals surface area contributed by atoms with Gasteiger partial charge in [-0.3, -0.25) is 0 Å². The van der Waals surface area contributed by atoms with E-state index in [0.29, 0.717) is 23.0 Å². The molecule has 7 nitrogen and oxygen atoms in total. The quantitative estimate of drug-likeness (QED) is 0.309. The molecule has 0 saturated carbocycles. The summed E-state index contributed by atoms with van der Waals surface area (Å²) in [4.78, 5) is 37.0. The summed E-state index contributed by atoms with van der Waals surface area (Å²) >= 11 is 0. The summed E-state index contributed by atoms with van der Waals surface area (Å²) in [5, 5.41) is 3.17. The van der Waals surface area contributed by atoms with E-state index < -0.39 is 23.7 Å². The molecule has 1 heterocycles. The normalized spacial score (nSPS) is 11.7. The lowest BCUT2D eigenvalue weighted by Gasteiger charge is -2.18. The minimum absolute atomic E-state index is 0.100. The van der Waals surface area contributed by atoms with E-state index in [1.807, 2.05) is 44.2 Å². The number of ether oxygens (including phenoxy) is 2. The maximum Gasteiger partial charge on any atom is 0.408 e. The molecule has 0 aliphatic heterocycles. The van der Waals surface area contributed by atoms with Crippen molar-refractivity contribution >= 4 is 23.0 Å². The van der Waals surface area contributed by atoms with Gasteiger partial charge in [0.1, 0.15) is 24.0 Å². The highest BCUT2D eigenvalue weighted by Gasteiger charge is 2.24. The molecule has 1 atom stereocenters. The van der Waals surface area contributed by atoms with Gasteiger partial charge >= 0.3 is 17.7 Å². The summed E-state index contributed by atoms with van der Waals surface area (Å²) in [5.74, 6) is -0.320. The van der Waals surface area contributed by atoms with Crippen LogP contribution >= 0.6 is 0 Å². The molecule has 0 bridgehead atoms. The van der Waals surface area contributed by atoms with Gasteiger partial charge in [0.2, 0.25) is 0 Å². The molecule has 7 heteroatoms. The zero-order chi connectivity index (χ0) is 23.1. The zero-order valence-corrected chi connectivity index (χ0v) is 18.5. The third-order valence-corrected chi connectivity index (χ3v) is 5.00. The van der Waals surface area contributed by atoms with E-state index in [0.717, 1.165) is 24.0 Å². The Morgan fingerprint density at radius 2 is 1.84 bits per heavy atom. The average Bonchev–Trinajstić information content (AvgIpc) is 2.75. The van der Waals surface area contributed by atoms with Crippen molar-refractivity contribution < 1.29 is 23.5 Å². The zero-order valence-electron chi connectivity index (χ0n) is 18.5. The van der Waals surface area contributed by atoms with Crippen molar-refractivity contribution in [1.29, 1.82) is 0 Å². The summed E-state index contributed by atoms with van der Waals surface area (Å²) in [7, 11) is 0. The maximum atomic E-state index is 13.0. The molecule has 0 aliphatic carbocycles. The first-order chi connectivity index (χ1) is 15.4. The Morgan fingerprint density at radius 3 is 2.56 bits per heavy atom. The summed E-state index contributed by atoms with van der Waals surface area (Å²) in [6.45, 7) is 5.66. The number of aryl methyl sites for hydroxylation is 2. The minimum Gasteiger partial charge on any atom is -0.445 e. The Morgan fingerprint density at radius 1 is 1.09 bits per heavy atom. The second kappa shape index (κ2) is 10.6. The smallest absolute Gasteiger partial charge is 0.408 e. The van der Waals surface area contributed by atoms with Crippen LogP contribution in [0, 0.1) is 13.8 Å². The van der Waals surface area contributed by atoms with E-state index in [-0.39, 0.29) is 12.4 Å². The SMILES string of the molecule is CCCCC(NC(=O)OCc1ccccc1)C(=O)Oc1cc(C)cc2oc(=O)cc(C)c12. The predicted molar refractivity (Wildman–Crippen MR) is 121 cm³/mol. The van der Waals surface area contributed by atoms with E-state index in [1.165, 1.54) is 6.07 Å². The first kappa shape index (κ1) is 23.1. The van der Waals surface area contributed by atoms with Crippen LogP contribution in [0.2, 0.25) is 0 Å². The number of amides is 1. The Labute approximate surface area is 186 Å². The molecule has 3 rings (SSSR count). The van der Waals surface area contributed by atoms with Crippen molar-refractivity contribution in [1.82, 2.24) is 5.32 Å². The lowest BCUT2D eigenvalue weighted by Crippen LogP contribution is -2.43. The van der Waals surface area contributed by atoms with Gasteiger partial charge in [0, 0.05) is 6.07 Å². The lowest BCUT2D eigenvalue weighted by molar-refractivity contribution is -0.136. The largest absolute Gasteiger partial charge is 0.445 e.